The van der Waals surface area contributed by atoms with Crippen molar-refractivity contribution in [2.24, 2.45) is 11.7 Å². The predicted octanol–water partition coefficient (Wildman–Crippen LogP) is 0.189. The van der Waals surface area contributed by atoms with Crippen LogP contribution in [0.5, 0.6) is 0 Å². The zero-order chi connectivity index (χ0) is 8.39. The van der Waals surface area contributed by atoms with Gasteiger partial charge in [-0.2, -0.15) is 5.10 Å². The lowest BCUT2D eigenvalue weighted by Crippen LogP contribution is -2.12. The average Bonchev–Trinajstić information content (AvgIpc) is 2.76. The second-order valence-corrected chi connectivity index (χ2v) is 3.34. The highest BCUT2D eigenvalue weighted by Gasteiger charge is 2.22. The van der Waals surface area contributed by atoms with E-state index < -0.39 is 0 Å². The van der Waals surface area contributed by atoms with E-state index >= 15 is 0 Å². The van der Waals surface area contributed by atoms with Gasteiger partial charge in [0.25, 0.3) is 0 Å². The summed E-state index contributed by atoms with van der Waals surface area (Å²) in [6.07, 6.45) is 5.16. The van der Waals surface area contributed by atoms with Crippen molar-refractivity contribution in [3.8, 4) is 0 Å². The molecule has 12 heavy (non-hydrogen) atoms. The van der Waals surface area contributed by atoms with Crippen LogP contribution in [0.15, 0.2) is 6.33 Å². The van der Waals surface area contributed by atoms with Crippen molar-refractivity contribution in [2.45, 2.75) is 25.8 Å². The van der Waals surface area contributed by atoms with E-state index in [-0.39, 0.29) is 0 Å². The zero-order valence-electron chi connectivity index (χ0n) is 7.11. The molecule has 1 heterocycles. The summed E-state index contributed by atoms with van der Waals surface area (Å²) in [5.41, 5.74) is 5.45. The van der Waals surface area contributed by atoms with Crippen LogP contribution in [0, 0.1) is 5.92 Å². The quantitative estimate of drug-likeness (QED) is 0.694. The molecule has 1 aliphatic rings. The molecule has 0 unspecified atom stereocenters. The Bertz CT molecular complexity index is 251. The number of aromatic nitrogens is 3. The maximum atomic E-state index is 5.45. The van der Waals surface area contributed by atoms with Crippen molar-refractivity contribution in [3.05, 3.63) is 12.2 Å². The van der Waals surface area contributed by atoms with Crippen LogP contribution in [-0.2, 0) is 13.0 Å². The van der Waals surface area contributed by atoms with Gasteiger partial charge in [-0.15, -0.1) is 0 Å². The second kappa shape index (κ2) is 3.23. The van der Waals surface area contributed by atoms with Crippen molar-refractivity contribution >= 4 is 0 Å². The van der Waals surface area contributed by atoms with Crippen LogP contribution >= 0.6 is 0 Å². The maximum Gasteiger partial charge on any atom is 0.138 e. The second-order valence-electron chi connectivity index (χ2n) is 3.34. The van der Waals surface area contributed by atoms with Gasteiger partial charge in [-0.1, -0.05) is 0 Å². The third kappa shape index (κ3) is 1.64. The highest BCUT2D eigenvalue weighted by Crippen LogP contribution is 2.30. The Morgan fingerprint density at radius 2 is 2.42 bits per heavy atom. The molecule has 4 nitrogen and oxygen atoms in total. The smallest absolute Gasteiger partial charge is 0.138 e. The highest BCUT2D eigenvalue weighted by molar-refractivity contribution is 4.87. The molecule has 2 rings (SSSR count). The summed E-state index contributed by atoms with van der Waals surface area (Å²) in [5.74, 6) is 1.88. The van der Waals surface area contributed by atoms with Gasteiger partial charge < -0.3 is 5.73 Å². The van der Waals surface area contributed by atoms with E-state index in [1.807, 2.05) is 4.68 Å². The van der Waals surface area contributed by atoms with Crippen LogP contribution in [0.3, 0.4) is 0 Å². The van der Waals surface area contributed by atoms with Gasteiger partial charge in [0.15, 0.2) is 0 Å². The van der Waals surface area contributed by atoms with Crippen molar-refractivity contribution in [1.82, 2.24) is 14.8 Å². The topological polar surface area (TPSA) is 56.7 Å². The zero-order valence-corrected chi connectivity index (χ0v) is 7.11. The number of hydrogen-bond acceptors (Lipinski definition) is 3. The first-order valence-corrected chi connectivity index (χ1v) is 4.47. The monoisotopic (exact) mass is 166 g/mol. The van der Waals surface area contributed by atoms with E-state index in [2.05, 4.69) is 10.1 Å². The minimum absolute atomic E-state index is 0.656. The normalized spacial score (nSPS) is 16.8. The molecular weight excluding hydrogens is 152 g/mol. The Labute approximate surface area is 71.8 Å². The molecule has 4 heteroatoms. The Kier molecular flexibility index (Phi) is 2.08. The number of nitrogens with zero attached hydrogens (tertiary/aromatic N) is 3. The molecule has 0 aliphatic heterocycles. The van der Waals surface area contributed by atoms with Crippen molar-refractivity contribution in [3.63, 3.8) is 0 Å². The van der Waals surface area contributed by atoms with Gasteiger partial charge in [0.1, 0.15) is 12.2 Å². The lowest BCUT2D eigenvalue weighted by atomic mass is 10.4. The Balaban J connectivity index is 2.01. The minimum atomic E-state index is 0.656. The molecule has 1 saturated carbocycles. The van der Waals surface area contributed by atoms with Gasteiger partial charge in [-0.05, 0) is 25.3 Å². The van der Waals surface area contributed by atoms with Crippen molar-refractivity contribution in [1.29, 1.82) is 0 Å². The molecule has 0 bridgehead atoms. The standard InChI is InChI=1S/C8H14N4/c9-4-3-8-10-6-11-12(8)5-7-1-2-7/h6-7H,1-5,9H2. The molecule has 0 spiro atoms. The number of rotatable bonds is 4. The van der Waals surface area contributed by atoms with Crippen LogP contribution < -0.4 is 5.73 Å². The van der Waals surface area contributed by atoms with E-state index in [0.717, 1.165) is 24.7 Å². The van der Waals surface area contributed by atoms with Gasteiger partial charge in [0.05, 0.1) is 0 Å². The summed E-state index contributed by atoms with van der Waals surface area (Å²) in [6, 6.07) is 0. The van der Waals surface area contributed by atoms with E-state index in [9.17, 15) is 0 Å². The molecule has 1 fully saturated rings. The molecule has 0 saturated heterocycles. The summed E-state index contributed by atoms with van der Waals surface area (Å²) >= 11 is 0. The molecule has 1 aliphatic carbocycles. The lowest BCUT2D eigenvalue weighted by molar-refractivity contribution is 0.535. The molecule has 2 N–H and O–H groups in total. The molecule has 1 aromatic heterocycles. The lowest BCUT2D eigenvalue weighted by Gasteiger charge is -2.02. The fourth-order valence-electron chi connectivity index (χ4n) is 1.31. The van der Waals surface area contributed by atoms with Gasteiger partial charge in [-0.25, -0.2) is 9.67 Å². The summed E-state index contributed by atoms with van der Waals surface area (Å²) < 4.78 is 1.99. The summed E-state index contributed by atoms with van der Waals surface area (Å²) in [6.45, 7) is 1.69. The summed E-state index contributed by atoms with van der Waals surface area (Å²) in [7, 11) is 0. The van der Waals surface area contributed by atoms with Crippen LogP contribution in [0.1, 0.15) is 18.7 Å². The van der Waals surface area contributed by atoms with E-state index in [1.54, 1.807) is 6.33 Å². The molecule has 0 radical (unpaired) electrons. The molecule has 0 amide bonds. The van der Waals surface area contributed by atoms with Crippen LogP contribution in [0.2, 0.25) is 0 Å². The summed E-state index contributed by atoms with van der Waals surface area (Å²) in [5, 5.41) is 4.16. The van der Waals surface area contributed by atoms with Crippen LogP contribution in [0.4, 0.5) is 0 Å². The Morgan fingerprint density at radius 3 is 3.08 bits per heavy atom. The molecule has 66 valence electrons. The van der Waals surface area contributed by atoms with E-state index in [1.165, 1.54) is 12.8 Å². The third-order valence-electron chi connectivity index (χ3n) is 2.19. The van der Waals surface area contributed by atoms with E-state index in [4.69, 9.17) is 5.73 Å². The van der Waals surface area contributed by atoms with Gasteiger partial charge >= 0.3 is 0 Å². The first-order valence-electron chi connectivity index (χ1n) is 4.47. The Hall–Kier alpha value is -0.900. The first kappa shape index (κ1) is 7.73. The van der Waals surface area contributed by atoms with Crippen LogP contribution in [0.25, 0.3) is 0 Å². The first-order chi connectivity index (χ1) is 5.90. The highest BCUT2D eigenvalue weighted by atomic mass is 15.3. The number of nitrogens with two attached hydrogens (primary N) is 1. The summed E-state index contributed by atoms with van der Waals surface area (Å²) in [4.78, 5) is 4.16. The molecule has 1 aromatic rings. The Morgan fingerprint density at radius 1 is 1.58 bits per heavy atom. The van der Waals surface area contributed by atoms with E-state index in [0.29, 0.717) is 6.54 Å². The van der Waals surface area contributed by atoms with Gasteiger partial charge in [0.2, 0.25) is 0 Å². The predicted molar refractivity (Wildman–Crippen MR) is 45.5 cm³/mol. The fourth-order valence-corrected chi connectivity index (χ4v) is 1.31. The fraction of sp³-hybridized carbons (Fsp3) is 0.750. The molecule has 0 atom stereocenters. The average molecular weight is 166 g/mol. The molecular formula is C8H14N4. The van der Waals surface area contributed by atoms with Crippen molar-refractivity contribution in [2.75, 3.05) is 6.54 Å². The molecule has 0 aromatic carbocycles. The minimum Gasteiger partial charge on any atom is -0.330 e. The number of hydrogen-bond donors (Lipinski definition) is 1. The van der Waals surface area contributed by atoms with Gasteiger partial charge in [0, 0.05) is 13.0 Å². The SMILES string of the molecule is NCCc1ncnn1CC1CC1. The largest absolute Gasteiger partial charge is 0.330 e. The van der Waals surface area contributed by atoms with Gasteiger partial charge in [-0.3, -0.25) is 0 Å². The van der Waals surface area contributed by atoms with Crippen molar-refractivity contribution < 1.29 is 0 Å². The third-order valence-corrected chi connectivity index (χ3v) is 2.19. The maximum absolute atomic E-state index is 5.45. The van der Waals surface area contributed by atoms with Crippen LogP contribution in [-0.4, -0.2) is 21.3 Å².